The maximum Gasteiger partial charge on any atom is 0.234 e. The molecule has 7 nitrogen and oxygen atoms in total. The van der Waals surface area contributed by atoms with Crippen molar-refractivity contribution in [3.05, 3.63) is 0 Å². The van der Waals surface area contributed by atoms with E-state index in [0.717, 1.165) is 32.2 Å². The van der Waals surface area contributed by atoms with E-state index in [-0.39, 0.29) is 30.4 Å². The van der Waals surface area contributed by atoms with Crippen molar-refractivity contribution in [2.24, 2.45) is 0 Å². The lowest BCUT2D eigenvalue weighted by Gasteiger charge is -2.37. The molecule has 3 aliphatic rings. The molecule has 7 heteroatoms. The Morgan fingerprint density at radius 1 is 1.22 bits per heavy atom. The van der Waals surface area contributed by atoms with Crippen molar-refractivity contribution >= 4 is 5.91 Å². The lowest BCUT2D eigenvalue weighted by molar-refractivity contribution is -0.180. The fourth-order valence-electron chi connectivity index (χ4n) is 3.76. The molecule has 2 N–H and O–H groups in total. The Balaban J connectivity index is 1.42. The van der Waals surface area contributed by atoms with Gasteiger partial charge in [-0.2, -0.15) is 0 Å². The van der Waals surface area contributed by atoms with Crippen molar-refractivity contribution in [1.82, 2.24) is 10.2 Å². The van der Waals surface area contributed by atoms with Gasteiger partial charge in [-0.3, -0.25) is 9.69 Å². The molecule has 0 aromatic carbocycles. The van der Waals surface area contributed by atoms with Gasteiger partial charge in [-0.25, -0.2) is 0 Å². The normalized spacial score (nSPS) is 29.0. The molecular formula is C16H28N2O5. The minimum Gasteiger partial charge on any atom is -0.396 e. The smallest absolute Gasteiger partial charge is 0.234 e. The van der Waals surface area contributed by atoms with Gasteiger partial charge < -0.3 is 24.6 Å². The van der Waals surface area contributed by atoms with Gasteiger partial charge in [0.2, 0.25) is 5.91 Å². The number of ether oxygens (including phenoxy) is 3. The molecule has 0 aromatic heterocycles. The van der Waals surface area contributed by atoms with Gasteiger partial charge in [0.25, 0.3) is 0 Å². The molecule has 2 saturated heterocycles. The third-order valence-electron chi connectivity index (χ3n) is 5.08. The fraction of sp³-hybridized carbons (Fsp3) is 0.938. The highest BCUT2D eigenvalue weighted by molar-refractivity contribution is 5.78. The standard InChI is InChI=1S/C16H28N2O5/c19-7-3-14-12-21-8-6-18(14)11-15(20)17-13-1-4-16(5-2-13)22-9-10-23-16/h13-14,19H,1-12H2,(H,17,20)/t14-/m0/s1. The van der Waals surface area contributed by atoms with Crippen LogP contribution in [0.1, 0.15) is 32.1 Å². The van der Waals surface area contributed by atoms with Crippen molar-refractivity contribution in [2.75, 3.05) is 46.1 Å². The zero-order valence-corrected chi connectivity index (χ0v) is 13.7. The maximum absolute atomic E-state index is 12.3. The number of aliphatic hydroxyl groups excluding tert-OH is 1. The van der Waals surface area contributed by atoms with Crippen LogP contribution in [0.5, 0.6) is 0 Å². The van der Waals surface area contributed by atoms with Crippen molar-refractivity contribution < 1.29 is 24.1 Å². The summed E-state index contributed by atoms with van der Waals surface area (Å²) in [5.41, 5.74) is 0. The lowest BCUT2D eigenvalue weighted by Crippen LogP contribution is -2.52. The van der Waals surface area contributed by atoms with E-state index < -0.39 is 0 Å². The number of hydrogen-bond donors (Lipinski definition) is 2. The zero-order valence-electron chi connectivity index (χ0n) is 13.7. The van der Waals surface area contributed by atoms with Crippen molar-refractivity contribution in [3.8, 4) is 0 Å². The second-order valence-corrected chi connectivity index (χ2v) is 6.66. The van der Waals surface area contributed by atoms with Gasteiger partial charge >= 0.3 is 0 Å². The quantitative estimate of drug-likeness (QED) is 0.732. The van der Waals surface area contributed by atoms with Crippen LogP contribution in [0.2, 0.25) is 0 Å². The number of morpholine rings is 1. The molecule has 1 atom stereocenters. The topological polar surface area (TPSA) is 80.3 Å². The summed E-state index contributed by atoms with van der Waals surface area (Å²) < 4.78 is 16.9. The number of carbonyl (C=O) groups excluding carboxylic acids is 1. The minimum atomic E-state index is -0.377. The molecule has 2 heterocycles. The number of nitrogens with one attached hydrogen (secondary N) is 1. The molecule has 0 unspecified atom stereocenters. The Kier molecular flexibility index (Phi) is 5.87. The zero-order chi connectivity index (χ0) is 16.1. The molecule has 0 bridgehead atoms. The van der Waals surface area contributed by atoms with E-state index in [1.165, 1.54) is 0 Å². The first-order valence-electron chi connectivity index (χ1n) is 8.71. The summed E-state index contributed by atoms with van der Waals surface area (Å²) in [6.07, 6.45) is 4.14. The van der Waals surface area contributed by atoms with Crippen LogP contribution in [0.15, 0.2) is 0 Å². The number of aliphatic hydroxyl groups is 1. The van der Waals surface area contributed by atoms with E-state index in [2.05, 4.69) is 10.2 Å². The van der Waals surface area contributed by atoms with E-state index in [1.807, 2.05) is 0 Å². The summed E-state index contributed by atoms with van der Waals surface area (Å²) in [5, 5.41) is 12.3. The fourth-order valence-corrected chi connectivity index (χ4v) is 3.76. The highest BCUT2D eigenvalue weighted by Crippen LogP contribution is 2.35. The number of hydrogen-bond acceptors (Lipinski definition) is 6. The molecule has 1 aliphatic carbocycles. The third kappa shape index (κ3) is 4.42. The highest BCUT2D eigenvalue weighted by atomic mass is 16.7. The van der Waals surface area contributed by atoms with Crippen molar-refractivity contribution in [1.29, 1.82) is 0 Å². The summed E-state index contributed by atoms with van der Waals surface area (Å²) in [7, 11) is 0. The summed E-state index contributed by atoms with van der Waals surface area (Å²) in [5.74, 6) is -0.318. The van der Waals surface area contributed by atoms with Crippen molar-refractivity contribution in [3.63, 3.8) is 0 Å². The van der Waals surface area contributed by atoms with Crippen LogP contribution in [-0.4, -0.2) is 79.9 Å². The lowest BCUT2D eigenvalue weighted by atomic mass is 9.90. The van der Waals surface area contributed by atoms with Crippen LogP contribution in [0, 0.1) is 0 Å². The Labute approximate surface area is 137 Å². The van der Waals surface area contributed by atoms with Crippen LogP contribution < -0.4 is 5.32 Å². The molecular weight excluding hydrogens is 300 g/mol. The molecule has 132 valence electrons. The van der Waals surface area contributed by atoms with Crippen LogP contribution in [-0.2, 0) is 19.0 Å². The van der Waals surface area contributed by atoms with Gasteiger partial charge in [-0.1, -0.05) is 0 Å². The predicted octanol–water partition coefficient (Wildman–Crippen LogP) is -0.128. The molecule has 1 spiro atoms. The summed E-state index contributed by atoms with van der Waals surface area (Å²) in [4.78, 5) is 14.4. The number of rotatable bonds is 5. The predicted molar refractivity (Wildman–Crippen MR) is 82.9 cm³/mol. The van der Waals surface area contributed by atoms with E-state index in [4.69, 9.17) is 19.3 Å². The maximum atomic E-state index is 12.3. The van der Waals surface area contributed by atoms with Crippen LogP contribution in [0.25, 0.3) is 0 Å². The van der Waals surface area contributed by atoms with Gasteiger partial charge in [-0.05, 0) is 19.3 Å². The molecule has 23 heavy (non-hydrogen) atoms. The molecule has 3 rings (SSSR count). The van der Waals surface area contributed by atoms with E-state index >= 15 is 0 Å². The van der Waals surface area contributed by atoms with E-state index in [9.17, 15) is 4.79 Å². The SMILES string of the molecule is O=C(CN1CCOC[C@@H]1CCO)NC1CCC2(CC1)OCCO2. The van der Waals surface area contributed by atoms with Gasteiger partial charge in [0, 0.05) is 38.1 Å². The Morgan fingerprint density at radius 3 is 2.65 bits per heavy atom. The molecule has 1 amide bonds. The van der Waals surface area contributed by atoms with Gasteiger partial charge in [-0.15, -0.1) is 0 Å². The Morgan fingerprint density at radius 2 is 1.96 bits per heavy atom. The first kappa shape index (κ1) is 17.1. The average Bonchev–Trinajstić information content (AvgIpc) is 3.00. The number of amides is 1. The van der Waals surface area contributed by atoms with E-state index in [0.29, 0.717) is 39.4 Å². The van der Waals surface area contributed by atoms with Gasteiger partial charge in [0.1, 0.15) is 0 Å². The highest BCUT2D eigenvalue weighted by Gasteiger charge is 2.40. The van der Waals surface area contributed by atoms with Gasteiger partial charge in [0.05, 0.1) is 33.0 Å². The monoisotopic (exact) mass is 328 g/mol. The summed E-state index contributed by atoms with van der Waals surface area (Å²) >= 11 is 0. The molecule has 0 radical (unpaired) electrons. The first-order chi connectivity index (χ1) is 11.2. The van der Waals surface area contributed by atoms with Crippen LogP contribution in [0.3, 0.4) is 0 Å². The molecule has 2 aliphatic heterocycles. The Bertz CT molecular complexity index is 388. The van der Waals surface area contributed by atoms with E-state index in [1.54, 1.807) is 0 Å². The number of nitrogens with zero attached hydrogens (tertiary/aromatic N) is 1. The second-order valence-electron chi connectivity index (χ2n) is 6.66. The number of carbonyl (C=O) groups is 1. The largest absolute Gasteiger partial charge is 0.396 e. The second kappa shape index (κ2) is 7.90. The molecule has 0 aromatic rings. The van der Waals surface area contributed by atoms with Crippen molar-refractivity contribution in [2.45, 2.75) is 50.0 Å². The molecule has 3 fully saturated rings. The third-order valence-corrected chi connectivity index (χ3v) is 5.08. The van der Waals surface area contributed by atoms with Gasteiger partial charge in [0.15, 0.2) is 5.79 Å². The average molecular weight is 328 g/mol. The first-order valence-corrected chi connectivity index (χ1v) is 8.71. The molecule has 1 saturated carbocycles. The summed E-state index contributed by atoms with van der Waals surface area (Å²) in [6.45, 7) is 3.85. The summed E-state index contributed by atoms with van der Waals surface area (Å²) in [6, 6.07) is 0.340. The van der Waals surface area contributed by atoms with Crippen LogP contribution in [0.4, 0.5) is 0 Å². The van der Waals surface area contributed by atoms with Crippen LogP contribution >= 0.6 is 0 Å². The minimum absolute atomic E-state index is 0.0593. The Hall–Kier alpha value is -0.730.